The van der Waals surface area contributed by atoms with Gasteiger partial charge in [0.1, 0.15) is 0 Å². The second kappa shape index (κ2) is 5.58. The summed E-state index contributed by atoms with van der Waals surface area (Å²) in [6, 6.07) is 0. The maximum atomic E-state index is 11.7. The van der Waals surface area contributed by atoms with Crippen molar-refractivity contribution in [3.63, 3.8) is 0 Å². The van der Waals surface area contributed by atoms with Gasteiger partial charge in [0.2, 0.25) is 0 Å². The second-order valence-corrected chi connectivity index (χ2v) is 2.01. The molecule has 0 spiro atoms. The van der Waals surface area contributed by atoms with E-state index >= 15 is 0 Å². The molecule has 0 aromatic carbocycles. The SMILES string of the molecule is C=CCOCOC(=C(F)F)C(F)(F)F. The molecule has 0 saturated heterocycles. The van der Waals surface area contributed by atoms with Crippen molar-refractivity contribution < 1.29 is 31.4 Å². The van der Waals surface area contributed by atoms with Crippen LogP contribution in [0.5, 0.6) is 0 Å². The highest BCUT2D eigenvalue weighted by Crippen LogP contribution is 2.30. The van der Waals surface area contributed by atoms with Crippen LogP contribution in [0.4, 0.5) is 22.0 Å². The van der Waals surface area contributed by atoms with Gasteiger partial charge < -0.3 is 9.47 Å². The Bertz CT molecular complexity index is 217. The van der Waals surface area contributed by atoms with Gasteiger partial charge in [-0.05, 0) is 0 Å². The molecule has 0 unspecified atom stereocenters. The summed E-state index contributed by atoms with van der Waals surface area (Å²) in [5, 5.41) is 0. The summed E-state index contributed by atoms with van der Waals surface area (Å²) in [6.07, 6.45) is -6.90. The zero-order chi connectivity index (χ0) is 11.2. The van der Waals surface area contributed by atoms with Crippen LogP contribution < -0.4 is 0 Å². The molecule has 0 heterocycles. The first-order valence-corrected chi connectivity index (χ1v) is 3.33. The summed E-state index contributed by atoms with van der Waals surface area (Å²) in [5.74, 6) is -2.33. The lowest BCUT2D eigenvalue weighted by molar-refractivity contribution is -0.156. The Kier molecular flexibility index (Phi) is 5.14. The van der Waals surface area contributed by atoms with Crippen molar-refractivity contribution in [2.75, 3.05) is 13.4 Å². The highest BCUT2D eigenvalue weighted by Gasteiger charge is 2.40. The van der Waals surface area contributed by atoms with Gasteiger partial charge in [-0.3, -0.25) is 0 Å². The number of hydrogen-bond acceptors (Lipinski definition) is 2. The monoisotopic (exact) mass is 218 g/mol. The van der Waals surface area contributed by atoms with E-state index < -0.39 is 24.8 Å². The van der Waals surface area contributed by atoms with Gasteiger partial charge in [0.15, 0.2) is 6.79 Å². The molecule has 0 fully saturated rings. The van der Waals surface area contributed by atoms with E-state index in [9.17, 15) is 22.0 Å². The molecule has 0 amide bonds. The summed E-state index contributed by atoms with van der Waals surface area (Å²) in [5.41, 5.74) is 0. The predicted octanol–water partition coefficient (Wildman–Crippen LogP) is 2.83. The number of rotatable bonds is 5. The van der Waals surface area contributed by atoms with Crippen molar-refractivity contribution in [2.45, 2.75) is 6.18 Å². The molecule has 0 atom stereocenters. The van der Waals surface area contributed by atoms with E-state index in [-0.39, 0.29) is 6.61 Å². The van der Waals surface area contributed by atoms with Gasteiger partial charge in [-0.2, -0.15) is 22.0 Å². The van der Waals surface area contributed by atoms with Crippen LogP contribution in [-0.4, -0.2) is 19.6 Å². The van der Waals surface area contributed by atoms with E-state index in [0.717, 1.165) is 0 Å². The number of halogens is 5. The Morgan fingerprint density at radius 2 is 1.86 bits per heavy atom. The Hall–Kier alpha value is -1.11. The van der Waals surface area contributed by atoms with Gasteiger partial charge in [0, 0.05) is 0 Å². The van der Waals surface area contributed by atoms with Crippen LogP contribution in [-0.2, 0) is 9.47 Å². The summed E-state index contributed by atoms with van der Waals surface area (Å²) in [6.45, 7) is 2.21. The predicted molar refractivity (Wildman–Crippen MR) is 37.4 cm³/mol. The summed E-state index contributed by atoms with van der Waals surface area (Å²) < 4.78 is 66.6. The molecule has 0 radical (unpaired) electrons. The molecular formula is C7H7F5O2. The quantitative estimate of drug-likeness (QED) is 0.232. The van der Waals surface area contributed by atoms with Crippen LogP contribution in [0.3, 0.4) is 0 Å². The topological polar surface area (TPSA) is 18.5 Å². The molecule has 14 heavy (non-hydrogen) atoms. The average molecular weight is 218 g/mol. The molecule has 0 aromatic heterocycles. The van der Waals surface area contributed by atoms with Crippen LogP contribution in [0, 0.1) is 0 Å². The van der Waals surface area contributed by atoms with Crippen molar-refractivity contribution in [1.82, 2.24) is 0 Å². The van der Waals surface area contributed by atoms with Gasteiger partial charge in [-0.15, -0.1) is 6.58 Å². The summed E-state index contributed by atoms with van der Waals surface area (Å²) in [4.78, 5) is 0. The minimum Gasteiger partial charge on any atom is -0.458 e. The number of allylic oxidation sites excluding steroid dienone is 1. The van der Waals surface area contributed by atoms with E-state index in [1.165, 1.54) is 6.08 Å². The van der Waals surface area contributed by atoms with Crippen LogP contribution in [0.15, 0.2) is 24.5 Å². The molecule has 0 N–H and O–H groups in total. The Labute approximate surface area is 76.6 Å². The molecule has 2 nitrogen and oxygen atoms in total. The Morgan fingerprint density at radius 3 is 2.21 bits per heavy atom. The molecule has 0 rings (SSSR count). The minimum atomic E-state index is -5.21. The van der Waals surface area contributed by atoms with Gasteiger partial charge in [-0.25, -0.2) is 0 Å². The lowest BCUT2D eigenvalue weighted by Crippen LogP contribution is -2.17. The molecule has 0 bridgehead atoms. The maximum absolute atomic E-state index is 11.7. The highest BCUT2D eigenvalue weighted by atomic mass is 19.4. The van der Waals surface area contributed by atoms with Crippen LogP contribution >= 0.6 is 0 Å². The average Bonchev–Trinajstić information content (AvgIpc) is 2.01. The summed E-state index contributed by atoms with van der Waals surface area (Å²) >= 11 is 0. The first-order valence-electron chi connectivity index (χ1n) is 3.33. The molecule has 0 aliphatic rings. The normalized spacial score (nSPS) is 10.9. The zero-order valence-corrected chi connectivity index (χ0v) is 6.90. The van der Waals surface area contributed by atoms with Gasteiger partial charge in [0.25, 0.3) is 5.76 Å². The van der Waals surface area contributed by atoms with Gasteiger partial charge in [-0.1, -0.05) is 6.08 Å². The molecule has 0 aliphatic carbocycles. The third-order valence-electron chi connectivity index (χ3n) is 0.951. The number of alkyl halides is 3. The van der Waals surface area contributed by atoms with Crippen LogP contribution in [0.25, 0.3) is 0 Å². The largest absolute Gasteiger partial charge is 0.458 e. The molecule has 0 aromatic rings. The summed E-state index contributed by atoms with van der Waals surface area (Å²) in [7, 11) is 0. The van der Waals surface area contributed by atoms with Crippen molar-refractivity contribution >= 4 is 0 Å². The Morgan fingerprint density at radius 1 is 1.29 bits per heavy atom. The molecule has 0 aliphatic heterocycles. The van der Waals surface area contributed by atoms with E-state index in [0.29, 0.717) is 0 Å². The first-order chi connectivity index (χ1) is 6.39. The van der Waals surface area contributed by atoms with Crippen LogP contribution in [0.2, 0.25) is 0 Å². The van der Waals surface area contributed by atoms with Crippen LogP contribution in [0.1, 0.15) is 0 Å². The molecule has 82 valence electrons. The van der Waals surface area contributed by atoms with E-state index in [2.05, 4.69) is 16.1 Å². The van der Waals surface area contributed by atoms with E-state index in [1.807, 2.05) is 0 Å². The third kappa shape index (κ3) is 4.80. The van der Waals surface area contributed by atoms with E-state index in [4.69, 9.17) is 0 Å². The maximum Gasteiger partial charge on any atom is 0.454 e. The minimum absolute atomic E-state index is 0.0843. The fourth-order valence-corrected chi connectivity index (χ4v) is 0.476. The lowest BCUT2D eigenvalue weighted by atomic mass is 10.5. The smallest absolute Gasteiger partial charge is 0.454 e. The van der Waals surface area contributed by atoms with Crippen molar-refractivity contribution in [1.29, 1.82) is 0 Å². The molecule has 7 heteroatoms. The standard InChI is InChI=1S/C7H7F5O2/c1-2-3-13-4-14-5(6(8)9)7(10,11)12/h2H,1,3-4H2. The fraction of sp³-hybridized carbons (Fsp3) is 0.429. The Balaban J connectivity index is 4.15. The van der Waals surface area contributed by atoms with E-state index in [1.54, 1.807) is 0 Å². The number of ether oxygens (including phenoxy) is 2. The van der Waals surface area contributed by atoms with Gasteiger partial charge >= 0.3 is 12.3 Å². The molecular weight excluding hydrogens is 211 g/mol. The van der Waals surface area contributed by atoms with Crippen molar-refractivity contribution in [3.8, 4) is 0 Å². The second-order valence-electron chi connectivity index (χ2n) is 2.01. The first kappa shape index (κ1) is 12.9. The number of hydrogen-bond donors (Lipinski definition) is 0. The fourth-order valence-electron chi connectivity index (χ4n) is 0.476. The zero-order valence-electron chi connectivity index (χ0n) is 6.90. The molecule has 0 saturated carbocycles. The van der Waals surface area contributed by atoms with Crippen molar-refractivity contribution in [3.05, 3.63) is 24.5 Å². The highest BCUT2D eigenvalue weighted by molar-refractivity contribution is 5.00. The van der Waals surface area contributed by atoms with Gasteiger partial charge in [0.05, 0.1) is 6.61 Å². The third-order valence-corrected chi connectivity index (χ3v) is 0.951. The van der Waals surface area contributed by atoms with Crippen molar-refractivity contribution in [2.24, 2.45) is 0 Å². The lowest BCUT2D eigenvalue weighted by Gasteiger charge is -2.11.